The number of hydrogen-bond acceptors (Lipinski definition) is 5. The van der Waals surface area contributed by atoms with Gasteiger partial charge >= 0.3 is 0 Å². The lowest BCUT2D eigenvalue weighted by Crippen LogP contribution is -2.01. The molecule has 0 fully saturated rings. The molecular weight excluding hydrogens is 458 g/mol. The summed E-state index contributed by atoms with van der Waals surface area (Å²) in [5, 5.41) is 1.07. The van der Waals surface area contributed by atoms with Crippen molar-refractivity contribution in [3.05, 3.63) is 114 Å². The Labute approximate surface area is 204 Å². The van der Waals surface area contributed by atoms with Crippen LogP contribution in [0.5, 0.6) is 0 Å². The SMILES string of the molecule is CCc1nc(-c2ccccc2)c(-c2ccnc(N=S(=O)(c3ccccc3)c3ccccc3)c2)s1. The summed E-state index contributed by atoms with van der Waals surface area (Å²) in [4.78, 5) is 11.7. The second-order valence-corrected chi connectivity index (χ2v) is 10.9. The summed E-state index contributed by atoms with van der Waals surface area (Å²) in [6.07, 6.45) is 2.59. The summed E-state index contributed by atoms with van der Waals surface area (Å²) in [7, 11) is -2.91. The van der Waals surface area contributed by atoms with Crippen LogP contribution in [0.2, 0.25) is 0 Å². The quantitative estimate of drug-likeness (QED) is 0.250. The third-order valence-electron chi connectivity index (χ3n) is 5.38. The largest absolute Gasteiger partial charge is 0.241 e. The van der Waals surface area contributed by atoms with Crippen molar-refractivity contribution < 1.29 is 4.21 Å². The van der Waals surface area contributed by atoms with Gasteiger partial charge in [-0.3, -0.25) is 0 Å². The smallest absolute Gasteiger partial charge is 0.162 e. The molecule has 2 heterocycles. The van der Waals surface area contributed by atoms with E-state index in [1.54, 1.807) is 17.5 Å². The van der Waals surface area contributed by atoms with Crippen LogP contribution in [0, 0.1) is 0 Å². The zero-order valence-corrected chi connectivity index (χ0v) is 20.3. The van der Waals surface area contributed by atoms with Crippen molar-refractivity contribution in [2.75, 3.05) is 0 Å². The normalized spacial score (nSPS) is 11.3. The van der Waals surface area contributed by atoms with E-state index in [2.05, 4.69) is 24.0 Å². The molecule has 0 bridgehead atoms. The van der Waals surface area contributed by atoms with Crippen molar-refractivity contribution >= 4 is 26.9 Å². The molecule has 0 aliphatic carbocycles. The molecule has 2 aromatic heterocycles. The van der Waals surface area contributed by atoms with Crippen molar-refractivity contribution in [1.29, 1.82) is 0 Å². The van der Waals surface area contributed by atoms with Crippen molar-refractivity contribution in [2.45, 2.75) is 23.1 Å². The summed E-state index contributed by atoms with van der Waals surface area (Å²) in [6.45, 7) is 2.11. The van der Waals surface area contributed by atoms with E-state index < -0.39 is 9.73 Å². The first-order valence-electron chi connectivity index (χ1n) is 11.1. The van der Waals surface area contributed by atoms with Crippen LogP contribution >= 0.6 is 11.3 Å². The predicted octanol–water partition coefficient (Wildman–Crippen LogP) is 7.65. The van der Waals surface area contributed by atoms with E-state index in [0.717, 1.165) is 33.1 Å². The zero-order chi connectivity index (χ0) is 23.4. The van der Waals surface area contributed by atoms with Gasteiger partial charge < -0.3 is 0 Å². The Kier molecular flexibility index (Phi) is 6.34. The van der Waals surface area contributed by atoms with Gasteiger partial charge in [0.2, 0.25) is 0 Å². The summed E-state index contributed by atoms with van der Waals surface area (Å²) >= 11 is 1.68. The molecule has 0 radical (unpaired) electrons. The summed E-state index contributed by atoms with van der Waals surface area (Å²) in [5.74, 6) is 0.431. The van der Waals surface area contributed by atoms with Gasteiger partial charge in [-0.25, -0.2) is 14.2 Å². The van der Waals surface area contributed by atoms with Crippen LogP contribution in [-0.4, -0.2) is 14.2 Å². The van der Waals surface area contributed by atoms with Gasteiger partial charge in [-0.1, -0.05) is 73.7 Å². The number of aryl methyl sites for hydroxylation is 1. The number of pyridine rings is 1. The Morgan fingerprint density at radius 2 is 1.38 bits per heavy atom. The van der Waals surface area contributed by atoms with Crippen molar-refractivity contribution in [3.63, 3.8) is 0 Å². The fraction of sp³-hybridized carbons (Fsp3) is 0.0714. The molecule has 0 amide bonds. The van der Waals surface area contributed by atoms with Gasteiger partial charge in [0.25, 0.3) is 0 Å². The van der Waals surface area contributed by atoms with Crippen molar-refractivity contribution in [2.24, 2.45) is 4.36 Å². The highest BCUT2D eigenvalue weighted by Gasteiger charge is 2.18. The van der Waals surface area contributed by atoms with Crippen LogP contribution in [0.25, 0.3) is 21.7 Å². The second kappa shape index (κ2) is 9.71. The molecule has 34 heavy (non-hydrogen) atoms. The van der Waals surface area contributed by atoms with Crippen LogP contribution in [-0.2, 0) is 16.1 Å². The van der Waals surface area contributed by atoms with E-state index in [1.165, 1.54) is 0 Å². The predicted molar refractivity (Wildman–Crippen MR) is 140 cm³/mol. The van der Waals surface area contributed by atoms with E-state index in [9.17, 15) is 4.21 Å². The molecule has 0 saturated heterocycles. The standard InChI is InChI=1S/C28H23N3OS2/c1-2-26-30-27(21-12-6-3-7-13-21)28(33-26)22-18-19-29-25(20-22)31-34(32,23-14-8-4-9-15-23)24-16-10-5-11-17-24/h3-20H,2H2,1H3. The lowest BCUT2D eigenvalue weighted by Gasteiger charge is -2.11. The third kappa shape index (κ3) is 4.42. The first-order valence-corrected chi connectivity index (χ1v) is 13.4. The average molecular weight is 482 g/mol. The highest BCUT2D eigenvalue weighted by molar-refractivity contribution is 7.93. The summed E-state index contributed by atoms with van der Waals surface area (Å²) in [5.41, 5.74) is 2.99. The molecule has 6 heteroatoms. The van der Waals surface area contributed by atoms with E-state index in [1.807, 2.05) is 91.0 Å². The topological polar surface area (TPSA) is 55.2 Å². The van der Waals surface area contributed by atoms with E-state index in [4.69, 9.17) is 9.35 Å². The van der Waals surface area contributed by atoms with Gasteiger partial charge in [-0.15, -0.1) is 11.3 Å². The Morgan fingerprint density at radius 1 is 0.794 bits per heavy atom. The minimum absolute atomic E-state index is 0.431. The maximum Gasteiger partial charge on any atom is 0.162 e. The molecule has 0 saturated carbocycles. The van der Waals surface area contributed by atoms with Gasteiger partial charge in [-0.05, 0) is 48.4 Å². The Bertz CT molecular complexity index is 1480. The molecule has 4 nitrogen and oxygen atoms in total. The number of aromatic nitrogens is 2. The fourth-order valence-corrected chi connectivity index (χ4v) is 6.62. The Balaban J connectivity index is 1.67. The van der Waals surface area contributed by atoms with Crippen LogP contribution in [0.4, 0.5) is 5.82 Å². The van der Waals surface area contributed by atoms with Crippen LogP contribution in [0.1, 0.15) is 11.9 Å². The lowest BCUT2D eigenvalue weighted by molar-refractivity contribution is 0.676. The number of hydrogen-bond donors (Lipinski definition) is 0. The Morgan fingerprint density at radius 3 is 1.97 bits per heavy atom. The molecule has 0 spiro atoms. The molecular formula is C28H23N3OS2. The molecule has 5 rings (SSSR count). The molecule has 168 valence electrons. The maximum absolute atomic E-state index is 14.3. The first kappa shape index (κ1) is 22.2. The molecule has 0 aliphatic rings. The van der Waals surface area contributed by atoms with Gasteiger partial charge in [0.05, 0.1) is 25.4 Å². The van der Waals surface area contributed by atoms with E-state index in [0.29, 0.717) is 15.6 Å². The lowest BCUT2D eigenvalue weighted by atomic mass is 10.1. The minimum atomic E-state index is -2.91. The van der Waals surface area contributed by atoms with E-state index >= 15 is 0 Å². The van der Waals surface area contributed by atoms with Crippen molar-refractivity contribution in [1.82, 2.24) is 9.97 Å². The molecule has 5 aromatic rings. The minimum Gasteiger partial charge on any atom is -0.241 e. The fourth-order valence-electron chi connectivity index (χ4n) is 3.70. The molecule has 3 aromatic carbocycles. The number of nitrogens with zero attached hydrogens (tertiary/aromatic N) is 3. The number of thiazole rings is 1. The van der Waals surface area contributed by atoms with Crippen LogP contribution in [0.15, 0.2) is 123 Å². The second-order valence-electron chi connectivity index (χ2n) is 7.65. The molecule has 0 atom stereocenters. The van der Waals surface area contributed by atoms with Gasteiger partial charge in [0, 0.05) is 11.8 Å². The summed E-state index contributed by atoms with van der Waals surface area (Å²) in [6, 6.07) is 32.8. The monoisotopic (exact) mass is 481 g/mol. The molecule has 0 N–H and O–H groups in total. The number of benzene rings is 3. The third-order valence-corrected chi connectivity index (χ3v) is 8.89. The highest BCUT2D eigenvalue weighted by atomic mass is 32.2. The molecule has 0 unspecified atom stereocenters. The highest BCUT2D eigenvalue weighted by Crippen LogP contribution is 2.38. The molecule has 0 aliphatic heterocycles. The van der Waals surface area contributed by atoms with Crippen LogP contribution in [0.3, 0.4) is 0 Å². The average Bonchev–Trinajstić information content (AvgIpc) is 3.35. The maximum atomic E-state index is 14.3. The summed E-state index contributed by atoms with van der Waals surface area (Å²) < 4.78 is 19.1. The first-order chi connectivity index (χ1) is 16.7. The van der Waals surface area contributed by atoms with Gasteiger partial charge in [0.1, 0.15) is 9.73 Å². The van der Waals surface area contributed by atoms with Crippen LogP contribution < -0.4 is 0 Å². The number of rotatable bonds is 6. The van der Waals surface area contributed by atoms with E-state index in [-0.39, 0.29) is 0 Å². The van der Waals surface area contributed by atoms with Gasteiger partial charge in [-0.2, -0.15) is 4.36 Å². The zero-order valence-electron chi connectivity index (χ0n) is 18.7. The van der Waals surface area contributed by atoms with Gasteiger partial charge in [0.15, 0.2) is 5.82 Å². The van der Waals surface area contributed by atoms with Crippen molar-refractivity contribution in [3.8, 4) is 21.7 Å². The Hall–Kier alpha value is -3.61.